The van der Waals surface area contributed by atoms with Crippen molar-refractivity contribution in [3.8, 4) is 22.8 Å². The fourth-order valence-corrected chi connectivity index (χ4v) is 3.03. The van der Waals surface area contributed by atoms with E-state index in [0.717, 1.165) is 17.0 Å². The summed E-state index contributed by atoms with van der Waals surface area (Å²) in [6.07, 6.45) is 3.39. The number of carbonyl (C=O) groups is 1. The quantitative estimate of drug-likeness (QED) is 0.682. The topological polar surface area (TPSA) is 95.9 Å². The van der Waals surface area contributed by atoms with Crippen molar-refractivity contribution < 1.29 is 9.53 Å². The van der Waals surface area contributed by atoms with Gasteiger partial charge in [0.1, 0.15) is 5.75 Å². The smallest absolute Gasteiger partial charge is 0.230 e. The highest BCUT2D eigenvalue weighted by atomic mass is 32.2. The first-order valence-electron chi connectivity index (χ1n) is 7.56. The Morgan fingerprint density at radius 3 is 2.44 bits per heavy atom. The zero-order valence-electron chi connectivity index (χ0n) is 13.8. The number of carbonyl (C=O) groups excluding carboxylic acids is 1. The van der Waals surface area contributed by atoms with Crippen LogP contribution in [0.1, 0.15) is 6.92 Å². The highest BCUT2D eigenvalue weighted by Crippen LogP contribution is 2.30. The zero-order valence-corrected chi connectivity index (χ0v) is 14.6. The third-order valence-electron chi connectivity index (χ3n) is 3.59. The summed E-state index contributed by atoms with van der Waals surface area (Å²) in [7, 11) is 1.62. The molecule has 0 aliphatic carbocycles. The molecule has 0 fully saturated rings. The molecule has 2 aromatic heterocycles. The van der Waals surface area contributed by atoms with Gasteiger partial charge in [0.15, 0.2) is 11.0 Å². The molecule has 0 aliphatic heterocycles. The van der Waals surface area contributed by atoms with Gasteiger partial charge in [-0.1, -0.05) is 11.8 Å². The van der Waals surface area contributed by atoms with Gasteiger partial charge in [-0.3, -0.25) is 14.3 Å². The van der Waals surface area contributed by atoms with Crippen molar-refractivity contribution in [1.82, 2.24) is 19.7 Å². The summed E-state index contributed by atoms with van der Waals surface area (Å²) in [5, 5.41) is 8.71. The van der Waals surface area contributed by atoms with Gasteiger partial charge < -0.3 is 10.5 Å². The van der Waals surface area contributed by atoms with Crippen LogP contribution in [0.15, 0.2) is 53.9 Å². The Morgan fingerprint density at radius 1 is 1.16 bits per heavy atom. The van der Waals surface area contributed by atoms with Crippen molar-refractivity contribution in [2.75, 3.05) is 7.11 Å². The number of nitrogens with zero attached hydrogens (tertiary/aromatic N) is 4. The molecule has 3 aromatic rings. The summed E-state index contributed by atoms with van der Waals surface area (Å²) in [6, 6.07) is 11.2. The van der Waals surface area contributed by atoms with Crippen molar-refractivity contribution in [1.29, 1.82) is 0 Å². The summed E-state index contributed by atoms with van der Waals surface area (Å²) >= 11 is 1.27. The van der Waals surface area contributed by atoms with E-state index in [1.807, 2.05) is 41.0 Å². The van der Waals surface area contributed by atoms with Crippen molar-refractivity contribution in [3.63, 3.8) is 0 Å². The van der Waals surface area contributed by atoms with E-state index in [9.17, 15) is 4.79 Å². The molecule has 25 heavy (non-hydrogen) atoms. The second-order valence-corrected chi connectivity index (χ2v) is 6.55. The van der Waals surface area contributed by atoms with Crippen LogP contribution in [0.2, 0.25) is 0 Å². The molecule has 1 aromatic carbocycles. The number of thioether (sulfide) groups is 1. The number of amides is 1. The predicted molar refractivity (Wildman–Crippen MR) is 95.7 cm³/mol. The maximum atomic E-state index is 11.4. The van der Waals surface area contributed by atoms with Gasteiger partial charge >= 0.3 is 0 Å². The number of pyridine rings is 1. The largest absolute Gasteiger partial charge is 0.497 e. The second kappa shape index (κ2) is 7.35. The molecule has 0 aliphatic rings. The summed E-state index contributed by atoms with van der Waals surface area (Å²) < 4.78 is 7.10. The Labute approximate surface area is 149 Å². The molecule has 0 saturated carbocycles. The van der Waals surface area contributed by atoms with Crippen molar-refractivity contribution >= 4 is 17.7 Å². The van der Waals surface area contributed by atoms with Crippen LogP contribution < -0.4 is 10.5 Å². The minimum Gasteiger partial charge on any atom is -0.497 e. The molecular weight excluding hydrogens is 338 g/mol. The normalized spacial score (nSPS) is 11.9. The Bertz CT molecular complexity index is 865. The Hall–Kier alpha value is -2.87. The number of nitrogens with two attached hydrogens (primary N) is 1. The van der Waals surface area contributed by atoms with Crippen molar-refractivity contribution in [2.24, 2.45) is 5.73 Å². The molecule has 7 nitrogen and oxygen atoms in total. The number of rotatable bonds is 6. The SMILES string of the molecule is COc1ccc(-n2c(S[C@@H](C)C(N)=O)nnc2-c2ccncc2)cc1. The first-order valence-corrected chi connectivity index (χ1v) is 8.44. The Kier molecular flexibility index (Phi) is 4.99. The average Bonchev–Trinajstić information content (AvgIpc) is 3.06. The van der Waals surface area contributed by atoms with Gasteiger partial charge in [0.05, 0.1) is 12.4 Å². The molecule has 0 radical (unpaired) electrons. The number of benzene rings is 1. The summed E-state index contributed by atoms with van der Waals surface area (Å²) in [5.41, 5.74) is 7.12. The van der Waals surface area contributed by atoms with E-state index < -0.39 is 11.2 Å². The lowest BCUT2D eigenvalue weighted by molar-refractivity contribution is -0.117. The monoisotopic (exact) mass is 355 g/mol. The molecule has 1 atom stereocenters. The summed E-state index contributed by atoms with van der Waals surface area (Å²) in [4.78, 5) is 15.5. The third-order valence-corrected chi connectivity index (χ3v) is 4.65. The standard InChI is InChI=1S/C17H17N5O2S/c1-11(15(18)23)25-17-21-20-16(12-7-9-19-10-8-12)22(17)13-3-5-14(24-2)6-4-13/h3-11H,1-2H3,(H2,18,23)/t11-/m0/s1. The lowest BCUT2D eigenvalue weighted by Crippen LogP contribution is -2.23. The van der Waals surface area contributed by atoms with E-state index in [2.05, 4.69) is 15.2 Å². The molecule has 2 heterocycles. The van der Waals surface area contributed by atoms with Crippen LogP contribution in [-0.2, 0) is 4.79 Å². The molecular formula is C17H17N5O2S. The highest BCUT2D eigenvalue weighted by Gasteiger charge is 2.20. The van der Waals surface area contributed by atoms with Gasteiger partial charge in [0.25, 0.3) is 0 Å². The first kappa shape index (κ1) is 17.0. The van der Waals surface area contributed by atoms with Gasteiger partial charge in [-0.25, -0.2) is 0 Å². The zero-order chi connectivity index (χ0) is 17.8. The number of hydrogen-bond acceptors (Lipinski definition) is 6. The maximum absolute atomic E-state index is 11.4. The van der Waals surface area contributed by atoms with Gasteiger partial charge in [0.2, 0.25) is 5.91 Å². The van der Waals surface area contributed by atoms with Crippen LogP contribution in [0.5, 0.6) is 5.75 Å². The Morgan fingerprint density at radius 2 is 1.84 bits per heavy atom. The van der Waals surface area contributed by atoms with Crippen LogP contribution in [0.4, 0.5) is 0 Å². The van der Waals surface area contributed by atoms with Gasteiger partial charge in [-0.15, -0.1) is 10.2 Å². The van der Waals surface area contributed by atoms with Gasteiger partial charge in [0, 0.05) is 23.6 Å². The number of primary amides is 1. The molecule has 1 amide bonds. The summed E-state index contributed by atoms with van der Waals surface area (Å²) in [6.45, 7) is 1.74. The molecule has 128 valence electrons. The van der Waals surface area contributed by atoms with E-state index in [1.54, 1.807) is 26.4 Å². The molecule has 0 saturated heterocycles. The number of methoxy groups -OCH3 is 1. The highest BCUT2D eigenvalue weighted by molar-refractivity contribution is 8.00. The van der Waals surface area contributed by atoms with Crippen LogP contribution in [-0.4, -0.2) is 38.0 Å². The second-order valence-electron chi connectivity index (χ2n) is 5.24. The lowest BCUT2D eigenvalue weighted by atomic mass is 10.2. The van der Waals surface area contributed by atoms with Crippen LogP contribution in [0.3, 0.4) is 0 Å². The van der Waals surface area contributed by atoms with Gasteiger partial charge in [-0.05, 0) is 43.3 Å². The van der Waals surface area contributed by atoms with E-state index in [-0.39, 0.29) is 0 Å². The molecule has 0 unspecified atom stereocenters. The fraction of sp³-hybridized carbons (Fsp3) is 0.176. The predicted octanol–water partition coefficient (Wildman–Crippen LogP) is 2.30. The first-order chi connectivity index (χ1) is 12.1. The van der Waals surface area contributed by atoms with E-state index in [4.69, 9.17) is 10.5 Å². The fourth-order valence-electron chi connectivity index (χ4n) is 2.21. The van der Waals surface area contributed by atoms with Crippen molar-refractivity contribution in [2.45, 2.75) is 17.3 Å². The minimum atomic E-state index is -0.425. The van der Waals surface area contributed by atoms with Crippen LogP contribution >= 0.6 is 11.8 Å². The molecule has 8 heteroatoms. The van der Waals surface area contributed by atoms with E-state index in [0.29, 0.717) is 11.0 Å². The summed E-state index contributed by atoms with van der Waals surface area (Å²) in [5.74, 6) is 1.01. The number of ether oxygens (including phenoxy) is 1. The molecule has 2 N–H and O–H groups in total. The molecule has 0 spiro atoms. The van der Waals surface area contributed by atoms with Crippen LogP contribution in [0.25, 0.3) is 17.1 Å². The minimum absolute atomic E-state index is 0.403. The molecule has 0 bridgehead atoms. The van der Waals surface area contributed by atoms with E-state index >= 15 is 0 Å². The third kappa shape index (κ3) is 3.63. The number of aromatic nitrogens is 4. The van der Waals surface area contributed by atoms with E-state index in [1.165, 1.54) is 11.8 Å². The van der Waals surface area contributed by atoms with Gasteiger partial charge in [-0.2, -0.15) is 0 Å². The number of hydrogen-bond donors (Lipinski definition) is 1. The van der Waals surface area contributed by atoms with Crippen molar-refractivity contribution in [3.05, 3.63) is 48.8 Å². The van der Waals surface area contributed by atoms with Crippen LogP contribution in [0, 0.1) is 0 Å². The average molecular weight is 355 g/mol. The molecule has 3 rings (SSSR count). The maximum Gasteiger partial charge on any atom is 0.230 e. The lowest BCUT2D eigenvalue weighted by Gasteiger charge is -2.12. The Balaban J connectivity index is 2.10.